The van der Waals surface area contributed by atoms with Crippen LogP contribution < -0.4 is 9.47 Å². The maximum absolute atomic E-state index is 12.9. The molecule has 1 aliphatic heterocycles. The lowest BCUT2D eigenvalue weighted by atomic mass is 10.0. The first-order chi connectivity index (χ1) is 13.1. The number of nitrogens with zero attached hydrogens (tertiary/aromatic N) is 1. The quantitative estimate of drug-likeness (QED) is 0.527. The van der Waals surface area contributed by atoms with Gasteiger partial charge >= 0.3 is 0 Å². The molecule has 27 heavy (non-hydrogen) atoms. The molecule has 0 aliphatic carbocycles. The molecule has 0 aromatic heterocycles. The van der Waals surface area contributed by atoms with Gasteiger partial charge in [-0.2, -0.15) is 0 Å². The molecule has 1 atom stereocenters. The number of fused-ring (bicyclic) bond motifs is 1. The van der Waals surface area contributed by atoms with Crippen LogP contribution in [0.4, 0.5) is 0 Å². The zero-order valence-corrected chi connectivity index (χ0v) is 15.7. The topological polar surface area (TPSA) is 65.1 Å². The van der Waals surface area contributed by atoms with Gasteiger partial charge in [0.15, 0.2) is 11.5 Å². The lowest BCUT2D eigenvalue weighted by Gasteiger charge is -2.27. The first kappa shape index (κ1) is 18.9. The minimum Gasteiger partial charge on any atom is -0.493 e. The Hall–Kier alpha value is -2.86. The molecule has 0 fully saturated rings. The second kappa shape index (κ2) is 8.22. The molecule has 0 N–H and O–H groups in total. The number of hydrogen-bond donors (Lipinski definition) is 0. The van der Waals surface area contributed by atoms with E-state index in [1.54, 1.807) is 50.6 Å². The predicted octanol–water partition coefficient (Wildman–Crippen LogP) is 3.47. The van der Waals surface area contributed by atoms with Crippen molar-refractivity contribution in [1.29, 1.82) is 0 Å². The Morgan fingerprint density at radius 1 is 0.926 bits per heavy atom. The normalized spacial score (nSPS) is 14.3. The van der Waals surface area contributed by atoms with Crippen molar-refractivity contribution in [3.05, 3.63) is 59.2 Å². The number of imide groups is 1. The molecule has 1 aliphatic rings. The highest BCUT2D eigenvalue weighted by Crippen LogP contribution is 2.37. The molecular formula is C21H23NO5. The summed E-state index contributed by atoms with van der Waals surface area (Å²) >= 11 is 0. The number of carbonyl (C=O) groups excluding carboxylic acids is 2. The molecule has 0 radical (unpaired) electrons. The molecule has 1 unspecified atom stereocenters. The molecule has 6 nitrogen and oxygen atoms in total. The van der Waals surface area contributed by atoms with Crippen LogP contribution in [0.15, 0.2) is 42.5 Å². The van der Waals surface area contributed by atoms with Crippen molar-refractivity contribution in [3.8, 4) is 11.5 Å². The van der Waals surface area contributed by atoms with Crippen LogP contribution in [0, 0.1) is 0 Å². The van der Waals surface area contributed by atoms with Crippen molar-refractivity contribution in [2.45, 2.75) is 19.4 Å². The lowest BCUT2D eigenvalue weighted by Crippen LogP contribution is -2.34. The highest BCUT2D eigenvalue weighted by Gasteiger charge is 2.40. The summed E-state index contributed by atoms with van der Waals surface area (Å²) in [6, 6.07) is 11.9. The SMILES string of the molecule is CCOCCC(c1ccc(OC)c(OC)c1)N1C(=O)c2ccccc2C1=O. The van der Waals surface area contributed by atoms with Crippen LogP contribution in [0.3, 0.4) is 0 Å². The molecule has 142 valence electrons. The molecule has 0 saturated heterocycles. The molecule has 0 bridgehead atoms. The predicted molar refractivity (Wildman–Crippen MR) is 100 cm³/mol. The van der Waals surface area contributed by atoms with Crippen LogP contribution in [0.25, 0.3) is 0 Å². The number of carbonyl (C=O) groups is 2. The molecule has 2 aromatic rings. The second-order valence-electron chi connectivity index (χ2n) is 6.14. The number of ether oxygens (including phenoxy) is 3. The Labute approximate surface area is 158 Å². The van der Waals surface area contributed by atoms with Gasteiger partial charge in [0.25, 0.3) is 11.8 Å². The summed E-state index contributed by atoms with van der Waals surface area (Å²) in [4.78, 5) is 27.2. The Morgan fingerprint density at radius 3 is 2.11 bits per heavy atom. The zero-order chi connectivity index (χ0) is 19.4. The fraction of sp³-hybridized carbons (Fsp3) is 0.333. The highest BCUT2D eigenvalue weighted by atomic mass is 16.5. The van der Waals surface area contributed by atoms with E-state index in [0.717, 1.165) is 5.56 Å². The Kier molecular flexibility index (Phi) is 5.76. The van der Waals surface area contributed by atoms with Crippen LogP contribution >= 0.6 is 0 Å². The number of amides is 2. The van der Waals surface area contributed by atoms with E-state index >= 15 is 0 Å². The molecular weight excluding hydrogens is 346 g/mol. The van der Waals surface area contributed by atoms with Crippen LogP contribution in [0.2, 0.25) is 0 Å². The third-order valence-electron chi connectivity index (χ3n) is 4.67. The van der Waals surface area contributed by atoms with Gasteiger partial charge in [-0.25, -0.2) is 0 Å². The summed E-state index contributed by atoms with van der Waals surface area (Å²) in [5, 5.41) is 0. The van der Waals surface area contributed by atoms with E-state index in [-0.39, 0.29) is 11.8 Å². The van der Waals surface area contributed by atoms with Crippen molar-refractivity contribution in [3.63, 3.8) is 0 Å². The lowest BCUT2D eigenvalue weighted by molar-refractivity contribution is 0.0529. The molecule has 0 spiro atoms. The van der Waals surface area contributed by atoms with Gasteiger partial charge in [0.1, 0.15) is 0 Å². The molecule has 2 amide bonds. The van der Waals surface area contributed by atoms with E-state index in [0.29, 0.717) is 42.3 Å². The standard InChI is InChI=1S/C21H23NO5/c1-4-27-12-11-17(14-9-10-18(25-2)19(13-14)26-3)22-20(23)15-7-5-6-8-16(15)21(22)24/h5-10,13,17H,4,11-12H2,1-3H3. The fourth-order valence-electron chi connectivity index (χ4n) is 3.34. The van der Waals surface area contributed by atoms with Gasteiger partial charge in [-0.3, -0.25) is 14.5 Å². The van der Waals surface area contributed by atoms with E-state index in [4.69, 9.17) is 14.2 Å². The van der Waals surface area contributed by atoms with E-state index in [1.165, 1.54) is 4.90 Å². The largest absolute Gasteiger partial charge is 0.493 e. The molecule has 6 heteroatoms. The summed E-state index contributed by atoms with van der Waals surface area (Å²) < 4.78 is 16.2. The summed E-state index contributed by atoms with van der Waals surface area (Å²) in [5.41, 5.74) is 1.66. The number of hydrogen-bond acceptors (Lipinski definition) is 5. The van der Waals surface area contributed by atoms with Crippen molar-refractivity contribution >= 4 is 11.8 Å². The maximum atomic E-state index is 12.9. The monoisotopic (exact) mass is 369 g/mol. The van der Waals surface area contributed by atoms with Crippen LogP contribution in [-0.2, 0) is 4.74 Å². The van der Waals surface area contributed by atoms with Crippen molar-refractivity contribution in [1.82, 2.24) is 4.90 Å². The van der Waals surface area contributed by atoms with E-state index < -0.39 is 6.04 Å². The van der Waals surface area contributed by atoms with Gasteiger partial charge in [0.05, 0.1) is 31.4 Å². The average molecular weight is 369 g/mol. The minimum absolute atomic E-state index is 0.285. The Bertz CT molecular complexity index is 813. The van der Waals surface area contributed by atoms with E-state index in [1.807, 2.05) is 13.0 Å². The van der Waals surface area contributed by atoms with Gasteiger partial charge in [-0.15, -0.1) is 0 Å². The zero-order valence-electron chi connectivity index (χ0n) is 15.7. The third-order valence-corrected chi connectivity index (χ3v) is 4.67. The number of methoxy groups -OCH3 is 2. The average Bonchev–Trinajstić information content (AvgIpc) is 2.96. The van der Waals surface area contributed by atoms with Gasteiger partial charge in [-0.05, 0) is 43.2 Å². The fourth-order valence-corrected chi connectivity index (χ4v) is 3.34. The van der Waals surface area contributed by atoms with Crippen LogP contribution in [0.5, 0.6) is 11.5 Å². The van der Waals surface area contributed by atoms with Gasteiger partial charge in [0.2, 0.25) is 0 Å². The van der Waals surface area contributed by atoms with Gasteiger partial charge in [-0.1, -0.05) is 18.2 Å². The van der Waals surface area contributed by atoms with Gasteiger partial charge < -0.3 is 14.2 Å². The highest BCUT2D eigenvalue weighted by molar-refractivity contribution is 6.21. The van der Waals surface area contributed by atoms with E-state index in [9.17, 15) is 9.59 Å². The molecule has 2 aromatic carbocycles. The number of rotatable bonds is 8. The Morgan fingerprint density at radius 2 is 1.56 bits per heavy atom. The van der Waals surface area contributed by atoms with Crippen molar-refractivity contribution in [2.24, 2.45) is 0 Å². The summed E-state index contributed by atoms with van der Waals surface area (Å²) in [7, 11) is 3.12. The summed E-state index contributed by atoms with van der Waals surface area (Å²) in [5.74, 6) is 0.568. The molecule has 1 heterocycles. The molecule has 3 rings (SSSR count). The van der Waals surface area contributed by atoms with Crippen LogP contribution in [-0.4, -0.2) is 44.1 Å². The van der Waals surface area contributed by atoms with Crippen molar-refractivity contribution in [2.75, 3.05) is 27.4 Å². The molecule has 0 saturated carbocycles. The van der Waals surface area contributed by atoms with Gasteiger partial charge in [0, 0.05) is 13.2 Å². The first-order valence-electron chi connectivity index (χ1n) is 8.89. The summed E-state index contributed by atoms with van der Waals surface area (Å²) in [6.07, 6.45) is 0.495. The third kappa shape index (κ3) is 3.53. The second-order valence-corrected chi connectivity index (χ2v) is 6.14. The number of benzene rings is 2. The maximum Gasteiger partial charge on any atom is 0.262 e. The van der Waals surface area contributed by atoms with Crippen molar-refractivity contribution < 1.29 is 23.8 Å². The summed E-state index contributed by atoms with van der Waals surface area (Å²) in [6.45, 7) is 2.91. The minimum atomic E-state index is -0.455. The smallest absolute Gasteiger partial charge is 0.262 e. The Balaban J connectivity index is 2.00. The van der Waals surface area contributed by atoms with E-state index in [2.05, 4.69) is 0 Å². The van der Waals surface area contributed by atoms with Crippen LogP contribution in [0.1, 0.15) is 45.7 Å². The first-order valence-corrected chi connectivity index (χ1v) is 8.89.